The number of carbonyl (C=O) groups excluding carboxylic acids is 1. The summed E-state index contributed by atoms with van der Waals surface area (Å²) < 4.78 is 6.96. The molecule has 2 heterocycles. The van der Waals surface area contributed by atoms with Gasteiger partial charge >= 0.3 is 0 Å². The van der Waals surface area contributed by atoms with E-state index in [4.69, 9.17) is 9.63 Å². The van der Waals surface area contributed by atoms with Gasteiger partial charge in [-0.25, -0.2) is 0 Å². The number of benzene rings is 1. The van der Waals surface area contributed by atoms with E-state index >= 15 is 0 Å². The van der Waals surface area contributed by atoms with E-state index in [0.29, 0.717) is 23.8 Å². The summed E-state index contributed by atoms with van der Waals surface area (Å²) in [7, 11) is 6.11. The second-order valence-corrected chi connectivity index (χ2v) is 8.37. The molecule has 0 aliphatic heterocycles. The standard InChI is InChI=1S/C18H22B3N5O3/c19-18(20,21)17-24-15(25-29-17)11-1-3-13-10(7-11)2-4-14(13)23-16(28)12-8-22-26(9-12)5-6-27/h1,3,7-9,14,27H,2,4-6,19-21H2,(H,23,28)/t14-/m1/s1. The Bertz CT molecular complexity index is 1040. The topological polar surface area (TPSA) is 106 Å². The van der Waals surface area contributed by atoms with Gasteiger partial charge in [-0.3, -0.25) is 9.48 Å². The number of nitrogens with one attached hydrogen (secondary N) is 1. The molecule has 1 aromatic carbocycles. The first-order valence-corrected chi connectivity index (χ1v) is 9.77. The van der Waals surface area contributed by atoms with Gasteiger partial charge in [0.25, 0.3) is 5.91 Å². The number of amides is 1. The van der Waals surface area contributed by atoms with Gasteiger partial charge in [-0.1, -0.05) is 17.3 Å². The van der Waals surface area contributed by atoms with Crippen LogP contribution in [0, 0.1) is 0 Å². The van der Waals surface area contributed by atoms with E-state index in [0.717, 1.165) is 24.0 Å². The maximum Gasteiger partial charge on any atom is 0.254 e. The lowest BCUT2D eigenvalue weighted by molar-refractivity contribution is 0.0936. The van der Waals surface area contributed by atoms with Crippen molar-refractivity contribution in [2.24, 2.45) is 0 Å². The Morgan fingerprint density at radius 1 is 1.38 bits per heavy atom. The molecule has 2 aromatic heterocycles. The zero-order chi connectivity index (χ0) is 20.6. The molecule has 0 saturated heterocycles. The zero-order valence-electron chi connectivity index (χ0n) is 16.8. The molecular formula is C18H22B3N5O3. The van der Waals surface area contributed by atoms with Crippen molar-refractivity contribution in [3.8, 4) is 11.4 Å². The zero-order valence-corrected chi connectivity index (χ0v) is 16.8. The van der Waals surface area contributed by atoms with Gasteiger partial charge in [0.15, 0.2) is 0 Å². The highest BCUT2D eigenvalue weighted by Crippen LogP contribution is 2.34. The summed E-state index contributed by atoms with van der Waals surface area (Å²) in [4.78, 5) is 17.1. The van der Waals surface area contributed by atoms with Crippen LogP contribution in [0.15, 0.2) is 35.1 Å². The maximum absolute atomic E-state index is 12.6. The van der Waals surface area contributed by atoms with Crippen molar-refractivity contribution in [2.45, 2.75) is 30.5 Å². The monoisotopic (exact) mass is 389 g/mol. The summed E-state index contributed by atoms with van der Waals surface area (Å²) >= 11 is 0. The third kappa shape index (κ3) is 4.00. The normalized spacial score (nSPS) is 16.0. The first kappa shape index (κ1) is 19.5. The number of hydrogen-bond donors (Lipinski definition) is 2. The fourth-order valence-electron chi connectivity index (χ4n) is 3.50. The fraction of sp³-hybridized carbons (Fsp3) is 0.333. The van der Waals surface area contributed by atoms with Gasteiger partial charge in [-0.15, -0.1) is 0 Å². The second-order valence-electron chi connectivity index (χ2n) is 8.37. The van der Waals surface area contributed by atoms with E-state index in [1.807, 2.05) is 35.7 Å². The highest BCUT2D eigenvalue weighted by atomic mass is 16.5. The van der Waals surface area contributed by atoms with E-state index in [2.05, 4.69) is 26.6 Å². The molecule has 0 bridgehead atoms. The highest BCUT2D eigenvalue weighted by molar-refractivity contribution is 6.58. The predicted molar refractivity (Wildman–Crippen MR) is 115 cm³/mol. The van der Waals surface area contributed by atoms with Crippen LogP contribution in [0.25, 0.3) is 11.4 Å². The van der Waals surface area contributed by atoms with Crippen LogP contribution in [-0.4, -0.2) is 61.1 Å². The average Bonchev–Trinajstić information content (AvgIpc) is 3.41. The quantitative estimate of drug-likeness (QED) is 0.490. The molecule has 3 aromatic rings. The van der Waals surface area contributed by atoms with Crippen LogP contribution in [0.4, 0.5) is 0 Å². The number of aliphatic hydroxyl groups is 1. The maximum atomic E-state index is 12.6. The van der Waals surface area contributed by atoms with Crippen molar-refractivity contribution >= 4 is 29.4 Å². The van der Waals surface area contributed by atoms with Crippen molar-refractivity contribution in [1.29, 1.82) is 0 Å². The second kappa shape index (κ2) is 7.55. The molecule has 8 nitrogen and oxygen atoms in total. The summed E-state index contributed by atoms with van der Waals surface area (Å²) in [6, 6.07) is 6.05. The lowest BCUT2D eigenvalue weighted by Gasteiger charge is -2.13. The van der Waals surface area contributed by atoms with Crippen LogP contribution in [0.1, 0.15) is 39.8 Å². The van der Waals surface area contributed by atoms with E-state index in [1.165, 1.54) is 11.8 Å². The Morgan fingerprint density at radius 3 is 2.93 bits per heavy atom. The molecule has 0 fully saturated rings. The van der Waals surface area contributed by atoms with Crippen LogP contribution in [-0.2, 0) is 18.1 Å². The Hall–Kier alpha value is -2.81. The molecule has 1 amide bonds. The lowest BCUT2D eigenvalue weighted by Crippen LogP contribution is -2.27. The summed E-state index contributed by atoms with van der Waals surface area (Å²) in [6.07, 6.45) is 4.89. The molecule has 1 aliphatic carbocycles. The van der Waals surface area contributed by atoms with E-state index in [-0.39, 0.29) is 23.7 Å². The molecule has 29 heavy (non-hydrogen) atoms. The van der Waals surface area contributed by atoms with Crippen LogP contribution < -0.4 is 5.32 Å². The van der Waals surface area contributed by atoms with E-state index in [1.54, 1.807) is 10.9 Å². The molecular weight excluding hydrogens is 367 g/mol. The van der Waals surface area contributed by atoms with Gasteiger partial charge < -0.3 is 14.9 Å². The minimum atomic E-state index is -0.192. The van der Waals surface area contributed by atoms with Crippen LogP contribution in [0.5, 0.6) is 0 Å². The van der Waals surface area contributed by atoms with Gasteiger partial charge in [0, 0.05) is 11.8 Å². The Kier molecular flexibility index (Phi) is 5.08. The van der Waals surface area contributed by atoms with E-state index in [9.17, 15) is 4.79 Å². The first-order chi connectivity index (χ1) is 13.8. The lowest BCUT2D eigenvalue weighted by atomic mass is 9.42. The molecule has 0 saturated carbocycles. The smallest absolute Gasteiger partial charge is 0.254 e. The Morgan fingerprint density at radius 2 is 2.21 bits per heavy atom. The van der Waals surface area contributed by atoms with Gasteiger partial charge in [0.05, 0.1) is 31.0 Å². The number of hydrogen-bond acceptors (Lipinski definition) is 6. The van der Waals surface area contributed by atoms with Crippen LogP contribution in [0.2, 0.25) is 0 Å². The highest BCUT2D eigenvalue weighted by Gasteiger charge is 2.27. The van der Waals surface area contributed by atoms with Gasteiger partial charge in [0.2, 0.25) is 11.7 Å². The van der Waals surface area contributed by atoms with Gasteiger partial charge in [-0.2, -0.15) is 10.1 Å². The van der Waals surface area contributed by atoms with Crippen molar-refractivity contribution < 1.29 is 14.4 Å². The van der Waals surface area contributed by atoms with Crippen LogP contribution >= 0.6 is 0 Å². The third-order valence-electron chi connectivity index (χ3n) is 5.08. The summed E-state index contributed by atoms with van der Waals surface area (Å²) in [5, 5.41) is 20.1. The largest absolute Gasteiger partial charge is 0.394 e. The number of fused-ring (bicyclic) bond motifs is 1. The van der Waals surface area contributed by atoms with Crippen molar-refractivity contribution in [3.63, 3.8) is 0 Å². The number of aryl methyl sites for hydroxylation is 1. The minimum Gasteiger partial charge on any atom is -0.394 e. The molecule has 11 heteroatoms. The molecule has 146 valence electrons. The summed E-state index contributed by atoms with van der Waals surface area (Å²) in [6.45, 7) is 0.355. The molecule has 1 atom stereocenters. The van der Waals surface area contributed by atoms with Crippen molar-refractivity contribution in [1.82, 2.24) is 25.2 Å². The summed E-state index contributed by atoms with van der Waals surface area (Å²) in [5.41, 5.74) is 3.71. The molecule has 2 N–H and O–H groups in total. The minimum absolute atomic E-state index is 0.0152. The fourth-order valence-corrected chi connectivity index (χ4v) is 3.50. The van der Waals surface area contributed by atoms with Gasteiger partial charge in [0.1, 0.15) is 23.5 Å². The molecule has 4 rings (SSSR count). The van der Waals surface area contributed by atoms with Crippen molar-refractivity contribution in [3.05, 3.63) is 53.2 Å². The van der Waals surface area contributed by atoms with Gasteiger partial charge in [-0.05, 0) is 35.1 Å². The molecule has 0 unspecified atom stereocenters. The summed E-state index contributed by atoms with van der Waals surface area (Å²) in [5.74, 6) is 1.03. The number of rotatable bonds is 6. The van der Waals surface area contributed by atoms with Crippen LogP contribution in [0.3, 0.4) is 0 Å². The number of carbonyl (C=O) groups is 1. The Labute approximate surface area is 171 Å². The molecule has 0 spiro atoms. The average molecular weight is 389 g/mol. The molecule has 0 radical (unpaired) electrons. The van der Waals surface area contributed by atoms with E-state index < -0.39 is 0 Å². The number of aliphatic hydroxyl groups excluding tert-OH is 1. The number of nitrogens with zero attached hydrogens (tertiary/aromatic N) is 4. The SMILES string of the molecule is BC(B)(B)c1nc(-c2ccc3c(c2)CC[C@H]3NC(=O)c2cnn(CCO)c2)no1. The molecule has 1 aliphatic rings. The Balaban J connectivity index is 1.49. The predicted octanol–water partition coefficient (Wildman–Crippen LogP) is -1.65. The van der Waals surface area contributed by atoms with Crippen molar-refractivity contribution in [2.75, 3.05) is 6.61 Å². The number of aromatic nitrogens is 4. The third-order valence-corrected chi connectivity index (χ3v) is 5.08. The first-order valence-electron chi connectivity index (χ1n) is 9.77.